The van der Waals surface area contributed by atoms with Crippen molar-refractivity contribution < 1.29 is 14.8 Å². The first-order valence-electron chi connectivity index (χ1n) is 8.32. The second kappa shape index (κ2) is 8.47. The Bertz CT molecular complexity index is 1010. The van der Waals surface area contributed by atoms with Crippen LogP contribution in [0.25, 0.3) is 16.6 Å². The van der Waals surface area contributed by atoms with Crippen LogP contribution in [0.2, 0.25) is 0 Å². The van der Waals surface area contributed by atoms with Gasteiger partial charge in [-0.25, -0.2) is 14.8 Å². The summed E-state index contributed by atoms with van der Waals surface area (Å²) in [6.07, 6.45) is 6.35. The number of thiazole rings is 1. The Morgan fingerprint density at radius 1 is 1.33 bits per heavy atom. The predicted octanol–water partition coefficient (Wildman–Crippen LogP) is 2.19. The van der Waals surface area contributed by atoms with Gasteiger partial charge >= 0.3 is 5.97 Å². The fraction of sp³-hybridized carbons (Fsp3) is 0.167. The van der Waals surface area contributed by atoms with Gasteiger partial charge in [-0.05, 0) is 25.1 Å². The van der Waals surface area contributed by atoms with Crippen LogP contribution < -0.4 is 10.6 Å². The van der Waals surface area contributed by atoms with E-state index in [1.54, 1.807) is 19.2 Å². The number of fused-ring (bicyclic) bond motifs is 1. The lowest BCUT2D eigenvalue weighted by Crippen LogP contribution is -2.72. The highest BCUT2D eigenvalue weighted by atomic mass is 32.1. The van der Waals surface area contributed by atoms with Crippen LogP contribution in [-0.4, -0.2) is 40.8 Å². The van der Waals surface area contributed by atoms with Gasteiger partial charge in [-0.3, -0.25) is 4.98 Å². The van der Waals surface area contributed by atoms with Crippen LogP contribution in [0.3, 0.4) is 0 Å². The molecule has 0 saturated carbocycles. The second-order valence-electron chi connectivity index (χ2n) is 5.43. The largest absolute Gasteiger partial charge is 0.462 e. The molecule has 3 heterocycles. The van der Waals surface area contributed by atoms with E-state index in [4.69, 9.17) is 10.1 Å². The van der Waals surface area contributed by atoms with E-state index in [1.165, 1.54) is 23.7 Å². The van der Waals surface area contributed by atoms with E-state index in [-0.39, 0.29) is 5.97 Å². The first-order chi connectivity index (χ1) is 13.1. The number of quaternary nitrogens is 1. The zero-order chi connectivity index (χ0) is 19.2. The average molecular weight is 383 g/mol. The van der Waals surface area contributed by atoms with Gasteiger partial charge in [0.25, 0.3) is 0 Å². The molecule has 0 aliphatic carbocycles. The van der Waals surface area contributed by atoms with E-state index >= 15 is 0 Å². The minimum absolute atomic E-state index is 0.322. The lowest BCUT2D eigenvalue weighted by molar-refractivity contribution is -0.555. The molecule has 8 nitrogen and oxygen atoms in total. The number of nitrogens with zero attached hydrogens (tertiary/aromatic N) is 3. The molecule has 0 radical (unpaired) electrons. The summed E-state index contributed by atoms with van der Waals surface area (Å²) < 4.78 is 4.97. The number of ether oxygens (including phenoxy) is 1. The van der Waals surface area contributed by atoms with E-state index in [9.17, 15) is 4.79 Å². The lowest BCUT2D eigenvalue weighted by Gasteiger charge is -2.05. The molecule has 0 atom stereocenters. The molecule has 0 fully saturated rings. The minimum Gasteiger partial charge on any atom is -0.462 e. The molecule has 0 aliphatic rings. The Kier molecular flexibility index (Phi) is 5.84. The number of anilines is 2. The maximum atomic E-state index is 11.7. The zero-order valence-electron chi connectivity index (χ0n) is 14.9. The van der Waals surface area contributed by atoms with Gasteiger partial charge in [-0.15, -0.1) is 0 Å². The highest BCUT2D eigenvalue weighted by molar-refractivity contribution is 7.17. The van der Waals surface area contributed by atoms with Gasteiger partial charge in [0.1, 0.15) is 16.9 Å². The fourth-order valence-corrected chi connectivity index (χ4v) is 3.10. The van der Waals surface area contributed by atoms with E-state index < -0.39 is 0 Å². The number of esters is 1. The number of pyridine rings is 2. The number of rotatable bonds is 7. The molecule has 9 heteroatoms. The normalized spacial score (nSPS) is 11.4. The highest BCUT2D eigenvalue weighted by Crippen LogP contribution is 2.24. The van der Waals surface area contributed by atoms with Crippen LogP contribution in [0.5, 0.6) is 0 Å². The number of carbonyl (C=O) groups excluding carboxylic acids is 1. The third-order valence-electron chi connectivity index (χ3n) is 3.59. The number of aromatic nitrogens is 3. The SMILES string of the molecule is CCOC(=O)c1cnc(Nc2ccc3ncc(/C(C=N)=C/[NH2+]C)cc3n2)s1. The van der Waals surface area contributed by atoms with Crippen LogP contribution >= 0.6 is 11.3 Å². The fourth-order valence-electron chi connectivity index (χ4n) is 2.38. The van der Waals surface area contributed by atoms with Gasteiger partial charge < -0.3 is 20.8 Å². The molecule has 27 heavy (non-hydrogen) atoms. The molecule has 0 aliphatic heterocycles. The summed E-state index contributed by atoms with van der Waals surface area (Å²) in [5.41, 5.74) is 3.02. The Hall–Kier alpha value is -3.17. The van der Waals surface area contributed by atoms with Crippen molar-refractivity contribution in [1.82, 2.24) is 15.0 Å². The molecule has 0 aromatic carbocycles. The van der Waals surface area contributed by atoms with Gasteiger partial charge in [-0.2, -0.15) is 0 Å². The molecule has 0 amide bonds. The summed E-state index contributed by atoms with van der Waals surface area (Å²) in [7, 11) is 1.90. The van der Waals surface area contributed by atoms with Crippen LogP contribution in [0.1, 0.15) is 22.2 Å². The molecule has 4 N–H and O–H groups in total. The van der Waals surface area contributed by atoms with Crippen molar-refractivity contribution in [3.05, 3.63) is 47.2 Å². The van der Waals surface area contributed by atoms with Crippen LogP contribution in [0.4, 0.5) is 10.9 Å². The molecule has 3 rings (SSSR count). The van der Waals surface area contributed by atoms with Gasteiger partial charge in [0.05, 0.1) is 36.5 Å². The molecule has 0 saturated heterocycles. The second-order valence-corrected chi connectivity index (χ2v) is 6.46. The van der Waals surface area contributed by atoms with Crippen molar-refractivity contribution in [2.45, 2.75) is 6.92 Å². The van der Waals surface area contributed by atoms with Gasteiger partial charge in [0, 0.05) is 18.0 Å². The number of nitrogens with two attached hydrogens (primary N) is 1. The van der Waals surface area contributed by atoms with E-state index in [0.29, 0.717) is 28.0 Å². The monoisotopic (exact) mass is 383 g/mol. The van der Waals surface area contributed by atoms with E-state index in [0.717, 1.165) is 16.7 Å². The first kappa shape index (κ1) is 18.6. The third-order valence-corrected chi connectivity index (χ3v) is 4.48. The van der Waals surface area contributed by atoms with Crippen molar-refractivity contribution in [2.24, 2.45) is 0 Å². The molecule has 138 valence electrons. The highest BCUT2D eigenvalue weighted by Gasteiger charge is 2.12. The van der Waals surface area contributed by atoms with Gasteiger partial charge in [-0.1, -0.05) is 11.3 Å². The van der Waals surface area contributed by atoms with Crippen LogP contribution in [0.15, 0.2) is 36.8 Å². The smallest absolute Gasteiger partial charge is 0.350 e. The molecule has 0 unspecified atom stereocenters. The van der Waals surface area contributed by atoms with E-state index in [2.05, 4.69) is 20.3 Å². The minimum atomic E-state index is -0.387. The summed E-state index contributed by atoms with van der Waals surface area (Å²) in [4.78, 5) is 25.3. The number of nitrogens with one attached hydrogen (secondary N) is 2. The Labute approximate surface area is 159 Å². The number of allylic oxidation sites excluding steroid dienone is 1. The summed E-state index contributed by atoms with van der Waals surface area (Å²) >= 11 is 1.20. The summed E-state index contributed by atoms with van der Waals surface area (Å²) in [5, 5.41) is 13.1. The van der Waals surface area contributed by atoms with Crippen LogP contribution in [0, 0.1) is 5.41 Å². The first-order valence-corrected chi connectivity index (χ1v) is 9.13. The summed E-state index contributed by atoms with van der Waals surface area (Å²) in [5.74, 6) is 0.204. The lowest BCUT2D eigenvalue weighted by atomic mass is 10.1. The maximum Gasteiger partial charge on any atom is 0.350 e. The summed E-state index contributed by atoms with van der Waals surface area (Å²) in [6, 6.07) is 5.54. The molecular weight excluding hydrogens is 364 g/mol. The number of hydrogen-bond donors (Lipinski definition) is 3. The molecule has 3 aromatic rings. The summed E-state index contributed by atoms with van der Waals surface area (Å²) in [6.45, 7) is 2.08. The quantitative estimate of drug-likeness (QED) is 0.425. The average Bonchev–Trinajstić information content (AvgIpc) is 3.14. The molecule has 0 spiro atoms. The topological polar surface area (TPSA) is 117 Å². The third kappa shape index (κ3) is 4.33. The van der Waals surface area contributed by atoms with Gasteiger partial charge in [0.2, 0.25) is 0 Å². The van der Waals surface area contributed by atoms with Crippen molar-refractivity contribution >= 4 is 51.1 Å². The zero-order valence-corrected chi connectivity index (χ0v) is 15.7. The Balaban J connectivity index is 1.86. The van der Waals surface area contributed by atoms with Crippen molar-refractivity contribution in [3.8, 4) is 0 Å². The Morgan fingerprint density at radius 3 is 2.93 bits per heavy atom. The molecule has 3 aromatic heterocycles. The molecule has 0 bridgehead atoms. The van der Waals surface area contributed by atoms with E-state index in [1.807, 2.05) is 30.7 Å². The number of hydrogen-bond acceptors (Lipinski definition) is 8. The predicted molar refractivity (Wildman–Crippen MR) is 106 cm³/mol. The van der Waals surface area contributed by atoms with Crippen molar-refractivity contribution in [1.29, 1.82) is 5.41 Å². The van der Waals surface area contributed by atoms with Crippen molar-refractivity contribution in [2.75, 3.05) is 19.0 Å². The Morgan fingerprint density at radius 2 is 2.19 bits per heavy atom. The van der Waals surface area contributed by atoms with Crippen LogP contribution in [-0.2, 0) is 4.74 Å². The van der Waals surface area contributed by atoms with Gasteiger partial charge in [0.15, 0.2) is 5.13 Å². The molecular formula is C18H19N6O2S+. The number of carbonyl (C=O) groups is 1. The maximum absolute atomic E-state index is 11.7. The van der Waals surface area contributed by atoms with Crippen molar-refractivity contribution in [3.63, 3.8) is 0 Å². The standard InChI is InChI=1S/C18H18N6O2S/c1-3-26-17(25)15-10-22-18(27-15)24-16-5-4-13-14(23-16)6-11(9-21-13)12(7-19)8-20-2/h4-10,19-20H,3H2,1-2H3,(H,22,23,24)/p+1/b12-8+,19-7?.